The van der Waals surface area contributed by atoms with Crippen LogP contribution in [-0.4, -0.2) is 5.78 Å². The first kappa shape index (κ1) is 16.8. The number of rotatable bonds is 4. The summed E-state index contributed by atoms with van der Waals surface area (Å²) in [6.45, 7) is 3.81. The average Bonchev–Trinajstić information content (AvgIpc) is 2.46. The summed E-state index contributed by atoms with van der Waals surface area (Å²) in [5.74, 6) is -0.165. The smallest absolute Gasteiger partial charge is 0.362 e. The van der Waals surface area contributed by atoms with E-state index in [1.165, 1.54) is 24.4 Å². The van der Waals surface area contributed by atoms with E-state index in [2.05, 4.69) is 5.32 Å². The molecule has 2 nitrogen and oxygen atoms in total. The van der Waals surface area contributed by atoms with Crippen LogP contribution in [0.25, 0.3) is 0 Å². The van der Waals surface area contributed by atoms with Crippen molar-refractivity contribution in [2.75, 3.05) is 5.32 Å². The molecule has 0 fully saturated rings. The Hall–Kier alpha value is -2.56. The van der Waals surface area contributed by atoms with Crippen LogP contribution in [-0.2, 0) is 6.18 Å². The number of ketones is 1. The second kappa shape index (κ2) is 6.69. The number of anilines is 1. The highest BCUT2D eigenvalue weighted by molar-refractivity contribution is 6.05. The fourth-order valence-electron chi connectivity index (χ4n) is 2.15. The van der Waals surface area contributed by atoms with E-state index in [-0.39, 0.29) is 5.78 Å². The molecule has 2 aromatic carbocycles. The summed E-state index contributed by atoms with van der Waals surface area (Å²) >= 11 is 0. The van der Waals surface area contributed by atoms with E-state index in [9.17, 15) is 18.0 Å². The average molecular weight is 319 g/mol. The van der Waals surface area contributed by atoms with Gasteiger partial charge in [0.2, 0.25) is 0 Å². The Balaban J connectivity index is 2.02. The third-order valence-electron chi connectivity index (χ3n) is 3.34. The van der Waals surface area contributed by atoms with Crippen molar-refractivity contribution in [3.8, 4) is 0 Å². The van der Waals surface area contributed by atoms with Crippen LogP contribution in [0.2, 0.25) is 0 Å². The van der Waals surface area contributed by atoms with Crippen molar-refractivity contribution in [2.24, 2.45) is 0 Å². The molecule has 2 rings (SSSR count). The summed E-state index contributed by atoms with van der Waals surface area (Å²) in [7, 11) is 0. The van der Waals surface area contributed by atoms with E-state index in [1.807, 2.05) is 26.0 Å². The number of alkyl halides is 3. The quantitative estimate of drug-likeness (QED) is 0.625. The molecule has 0 aliphatic rings. The van der Waals surface area contributed by atoms with E-state index in [0.29, 0.717) is 11.3 Å². The zero-order valence-electron chi connectivity index (χ0n) is 12.7. The Morgan fingerprint density at radius 1 is 1.04 bits per heavy atom. The molecule has 0 spiro atoms. The number of halogens is 3. The molecule has 1 N–H and O–H groups in total. The fraction of sp³-hybridized carbons (Fsp3) is 0.167. The largest absolute Gasteiger partial charge is 0.416 e. The summed E-state index contributed by atoms with van der Waals surface area (Å²) < 4.78 is 37.4. The van der Waals surface area contributed by atoms with E-state index in [0.717, 1.165) is 23.3 Å². The molecule has 0 radical (unpaired) electrons. The summed E-state index contributed by atoms with van der Waals surface area (Å²) in [5, 5.41) is 2.79. The van der Waals surface area contributed by atoms with Gasteiger partial charge in [0.05, 0.1) is 5.56 Å². The van der Waals surface area contributed by atoms with Gasteiger partial charge in [-0.3, -0.25) is 4.79 Å². The third kappa shape index (κ3) is 4.45. The van der Waals surface area contributed by atoms with Crippen molar-refractivity contribution in [3.63, 3.8) is 0 Å². The van der Waals surface area contributed by atoms with Crippen LogP contribution in [0.1, 0.15) is 27.0 Å². The monoisotopic (exact) mass is 319 g/mol. The molecule has 5 heteroatoms. The Morgan fingerprint density at radius 3 is 2.26 bits per heavy atom. The number of nitrogens with one attached hydrogen (secondary N) is 1. The molecule has 0 unspecified atom stereocenters. The van der Waals surface area contributed by atoms with Gasteiger partial charge in [0.25, 0.3) is 0 Å². The SMILES string of the molecule is Cc1ccc(C(=O)/C=C\Nc2ccc(C(F)(F)F)cc2)c(C)c1. The number of carbonyl (C=O) groups excluding carboxylic acids is 1. The van der Waals surface area contributed by atoms with Gasteiger partial charge in [-0.05, 0) is 43.7 Å². The Bertz CT molecular complexity index is 731. The molecule has 120 valence electrons. The van der Waals surface area contributed by atoms with E-state index in [1.54, 1.807) is 6.07 Å². The first-order valence-corrected chi connectivity index (χ1v) is 6.99. The second-order valence-corrected chi connectivity index (χ2v) is 5.24. The van der Waals surface area contributed by atoms with Crippen molar-refractivity contribution >= 4 is 11.5 Å². The highest BCUT2D eigenvalue weighted by Crippen LogP contribution is 2.29. The molecule has 0 amide bonds. The zero-order valence-corrected chi connectivity index (χ0v) is 12.7. The fourth-order valence-corrected chi connectivity index (χ4v) is 2.15. The van der Waals surface area contributed by atoms with Crippen LogP contribution in [0.15, 0.2) is 54.7 Å². The Labute approximate surface area is 132 Å². The normalized spacial score (nSPS) is 11.7. The van der Waals surface area contributed by atoms with Crippen molar-refractivity contribution in [1.29, 1.82) is 0 Å². The molecule has 0 saturated carbocycles. The second-order valence-electron chi connectivity index (χ2n) is 5.24. The minimum atomic E-state index is -4.35. The van der Waals surface area contributed by atoms with Crippen molar-refractivity contribution < 1.29 is 18.0 Å². The van der Waals surface area contributed by atoms with Gasteiger partial charge in [-0.1, -0.05) is 23.8 Å². The lowest BCUT2D eigenvalue weighted by Crippen LogP contribution is -2.04. The summed E-state index contributed by atoms with van der Waals surface area (Å²) in [5.41, 5.74) is 2.32. The van der Waals surface area contributed by atoms with Crippen molar-refractivity contribution in [1.82, 2.24) is 0 Å². The van der Waals surface area contributed by atoms with Crippen LogP contribution in [0.3, 0.4) is 0 Å². The molecule has 0 atom stereocenters. The Morgan fingerprint density at radius 2 is 1.70 bits per heavy atom. The van der Waals surface area contributed by atoms with Crippen LogP contribution in [0.5, 0.6) is 0 Å². The number of benzene rings is 2. The molecular weight excluding hydrogens is 303 g/mol. The van der Waals surface area contributed by atoms with Gasteiger partial charge in [0, 0.05) is 23.5 Å². The van der Waals surface area contributed by atoms with Gasteiger partial charge < -0.3 is 5.32 Å². The van der Waals surface area contributed by atoms with Crippen LogP contribution in [0.4, 0.5) is 18.9 Å². The number of hydrogen-bond donors (Lipinski definition) is 1. The van der Waals surface area contributed by atoms with Crippen LogP contribution in [0, 0.1) is 13.8 Å². The summed E-state index contributed by atoms with van der Waals surface area (Å²) in [6.07, 6.45) is -1.58. The molecule has 23 heavy (non-hydrogen) atoms. The Kier molecular flexibility index (Phi) is 4.89. The maximum Gasteiger partial charge on any atom is 0.416 e. The topological polar surface area (TPSA) is 29.1 Å². The van der Waals surface area contributed by atoms with Crippen molar-refractivity contribution in [3.05, 3.63) is 77.0 Å². The minimum Gasteiger partial charge on any atom is -0.362 e. The highest BCUT2D eigenvalue weighted by Gasteiger charge is 2.29. The molecular formula is C18H16F3NO. The molecule has 0 aromatic heterocycles. The number of hydrogen-bond acceptors (Lipinski definition) is 2. The number of allylic oxidation sites excluding steroid dienone is 1. The molecule has 2 aromatic rings. The van der Waals surface area contributed by atoms with Gasteiger partial charge in [-0.2, -0.15) is 13.2 Å². The lowest BCUT2D eigenvalue weighted by Gasteiger charge is -2.07. The van der Waals surface area contributed by atoms with E-state index < -0.39 is 11.7 Å². The maximum atomic E-state index is 12.5. The summed E-state index contributed by atoms with van der Waals surface area (Å²) in [4.78, 5) is 12.1. The molecule has 0 aliphatic carbocycles. The molecule has 0 bridgehead atoms. The highest BCUT2D eigenvalue weighted by atomic mass is 19.4. The lowest BCUT2D eigenvalue weighted by atomic mass is 10.0. The molecule has 0 saturated heterocycles. The maximum absolute atomic E-state index is 12.5. The van der Waals surface area contributed by atoms with Gasteiger partial charge in [0.1, 0.15) is 0 Å². The molecule has 0 heterocycles. The van der Waals surface area contributed by atoms with Gasteiger partial charge in [-0.15, -0.1) is 0 Å². The van der Waals surface area contributed by atoms with E-state index >= 15 is 0 Å². The van der Waals surface area contributed by atoms with Gasteiger partial charge in [0.15, 0.2) is 5.78 Å². The molecule has 0 aliphatic heterocycles. The standard InChI is InChI=1S/C18H16F3NO/c1-12-3-8-16(13(2)11-12)17(23)9-10-22-15-6-4-14(5-7-15)18(19,20)21/h3-11,22H,1-2H3/b10-9-. The number of carbonyl (C=O) groups is 1. The predicted molar refractivity (Wildman–Crippen MR) is 84.5 cm³/mol. The number of aryl methyl sites for hydroxylation is 2. The van der Waals surface area contributed by atoms with Gasteiger partial charge in [-0.25, -0.2) is 0 Å². The zero-order chi connectivity index (χ0) is 17.0. The lowest BCUT2D eigenvalue weighted by molar-refractivity contribution is -0.137. The van der Waals surface area contributed by atoms with Crippen LogP contribution >= 0.6 is 0 Å². The first-order valence-electron chi connectivity index (χ1n) is 6.99. The summed E-state index contributed by atoms with van der Waals surface area (Å²) in [6, 6.07) is 10.1. The van der Waals surface area contributed by atoms with Crippen LogP contribution < -0.4 is 5.32 Å². The van der Waals surface area contributed by atoms with Crippen molar-refractivity contribution in [2.45, 2.75) is 20.0 Å². The predicted octanol–water partition coefficient (Wildman–Crippen LogP) is 5.13. The van der Waals surface area contributed by atoms with E-state index in [4.69, 9.17) is 0 Å². The first-order chi connectivity index (χ1) is 10.8. The minimum absolute atomic E-state index is 0.165. The van der Waals surface area contributed by atoms with Gasteiger partial charge >= 0.3 is 6.18 Å². The third-order valence-corrected chi connectivity index (χ3v) is 3.34.